The maximum absolute atomic E-state index is 5.87. The summed E-state index contributed by atoms with van der Waals surface area (Å²) in [7, 11) is 0. The van der Waals surface area contributed by atoms with Crippen molar-refractivity contribution in [2.45, 2.75) is 46.1 Å². The molecule has 2 aromatic rings. The minimum atomic E-state index is -0.0196. The molecule has 0 saturated carbocycles. The molecule has 1 heterocycles. The summed E-state index contributed by atoms with van der Waals surface area (Å²) in [5.74, 6) is 1.07. The van der Waals surface area contributed by atoms with Crippen LogP contribution in [0.1, 0.15) is 46.5 Å². The van der Waals surface area contributed by atoms with Gasteiger partial charge in [0.25, 0.3) is 0 Å². The highest BCUT2D eigenvalue weighted by atomic mass is 16.5. The van der Waals surface area contributed by atoms with Gasteiger partial charge in [-0.2, -0.15) is 0 Å². The molecule has 0 radical (unpaired) electrons. The third-order valence-electron chi connectivity index (χ3n) is 3.39. The minimum absolute atomic E-state index is 0.0196. The van der Waals surface area contributed by atoms with Crippen molar-refractivity contribution in [3.05, 3.63) is 24.0 Å². The van der Waals surface area contributed by atoms with Gasteiger partial charge in [0, 0.05) is 17.7 Å². The number of fused-ring (bicyclic) bond motifs is 1. The zero-order valence-corrected chi connectivity index (χ0v) is 13.1. The predicted molar refractivity (Wildman–Crippen MR) is 84.0 cm³/mol. The van der Waals surface area contributed by atoms with E-state index in [0.717, 1.165) is 29.2 Å². The van der Waals surface area contributed by atoms with E-state index in [-0.39, 0.29) is 11.5 Å². The van der Waals surface area contributed by atoms with Crippen molar-refractivity contribution >= 4 is 16.7 Å². The molecule has 0 fully saturated rings. The average molecular weight is 275 g/mol. The molecule has 2 rings (SSSR count). The van der Waals surface area contributed by atoms with Crippen LogP contribution in [0.2, 0.25) is 0 Å². The van der Waals surface area contributed by atoms with Gasteiger partial charge < -0.3 is 15.0 Å². The number of hydrogen-bond donors (Lipinski definition) is 1. The first-order valence-corrected chi connectivity index (χ1v) is 7.20. The predicted octanol–water partition coefficient (Wildman–Crippen LogP) is 3.51. The lowest BCUT2D eigenvalue weighted by Crippen LogP contribution is -2.23. The van der Waals surface area contributed by atoms with Crippen molar-refractivity contribution < 1.29 is 4.74 Å². The van der Waals surface area contributed by atoms with Crippen LogP contribution in [0.15, 0.2) is 18.2 Å². The molecule has 110 valence electrons. The highest BCUT2D eigenvalue weighted by Gasteiger charge is 2.25. The van der Waals surface area contributed by atoms with Crippen molar-refractivity contribution in [2.24, 2.45) is 0 Å². The van der Waals surface area contributed by atoms with Crippen molar-refractivity contribution in [2.75, 3.05) is 18.9 Å². The molecule has 0 aliphatic carbocycles. The van der Waals surface area contributed by atoms with Crippen LogP contribution in [0.4, 0.5) is 5.69 Å². The summed E-state index contributed by atoms with van der Waals surface area (Å²) in [6, 6.07) is 6.17. The molecule has 2 N–H and O–H groups in total. The Morgan fingerprint density at radius 1 is 1.35 bits per heavy atom. The molecular weight excluding hydrogens is 250 g/mol. The monoisotopic (exact) mass is 275 g/mol. The minimum Gasteiger partial charge on any atom is -0.399 e. The standard InChI is InChI=1S/C16H25N3O/c1-6-20-10-11(2)19-14-8-7-12(17)9-13(14)18-15(19)16(3,4)5/h7-9,11H,6,10,17H2,1-5H3. The maximum Gasteiger partial charge on any atom is 0.115 e. The normalized spacial score (nSPS) is 13.8. The van der Waals surface area contributed by atoms with E-state index in [1.165, 1.54) is 0 Å². The number of rotatable bonds is 4. The molecule has 0 aliphatic rings. The molecule has 0 saturated heterocycles. The molecule has 0 aliphatic heterocycles. The largest absolute Gasteiger partial charge is 0.399 e. The fourth-order valence-electron chi connectivity index (χ4n) is 2.45. The first kappa shape index (κ1) is 14.9. The Morgan fingerprint density at radius 2 is 2.05 bits per heavy atom. The van der Waals surface area contributed by atoms with E-state index in [2.05, 4.69) is 38.3 Å². The Labute approximate surface area is 120 Å². The highest BCUT2D eigenvalue weighted by Crippen LogP contribution is 2.30. The number of nitrogen functional groups attached to an aromatic ring is 1. The van der Waals surface area contributed by atoms with Gasteiger partial charge in [0.2, 0.25) is 0 Å². The molecule has 20 heavy (non-hydrogen) atoms. The number of hydrogen-bond acceptors (Lipinski definition) is 3. The third-order valence-corrected chi connectivity index (χ3v) is 3.39. The second-order valence-electron chi connectivity index (χ2n) is 6.31. The van der Waals surface area contributed by atoms with Crippen LogP contribution in [0, 0.1) is 0 Å². The number of aromatic nitrogens is 2. The topological polar surface area (TPSA) is 53.1 Å². The quantitative estimate of drug-likeness (QED) is 0.869. The SMILES string of the molecule is CCOCC(C)n1c(C(C)(C)C)nc2cc(N)ccc21. The van der Waals surface area contributed by atoms with E-state index >= 15 is 0 Å². The first-order chi connectivity index (χ1) is 9.34. The Hall–Kier alpha value is -1.55. The van der Waals surface area contributed by atoms with Crippen LogP contribution in [-0.4, -0.2) is 22.8 Å². The van der Waals surface area contributed by atoms with E-state index < -0.39 is 0 Å². The summed E-state index contributed by atoms with van der Waals surface area (Å²) >= 11 is 0. The lowest BCUT2D eigenvalue weighted by Gasteiger charge is -2.24. The van der Waals surface area contributed by atoms with E-state index in [1.807, 2.05) is 19.1 Å². The summed E-state index contributed by atoms with van der Waals surface area (Å²) in [6.45, 7) is 12.2. The van der Waals surface area contributed by atoms with Crippen molar-refractivity contribution in [3.8, 4) is 0 Å². The highest BCUT2D eigenvalue weighted by molar-refractivity contribution is 5.80. The van der Waals surface area contributed by atoms with Crippen LogP contribution in [0.5, 0.6) is 0 Å². The van der Waals surface area contributed by atoms with Crippen molar-refractivity contribution in [1.29, 1.82) is 0 Å². The van der Waals surface area contributed by atoms with Gasteiger partial charge in [0.15, 0.2) is 0 Å². The summed E-state index contributed by atoms with van der Waals surface area (Å²) in [5.41, 5.74) is 8.68. The van der Waals surface area contributed by atoms with E-state index in [9.17, 15) is 0 Å². The first-order valence-electron chi connectivity index (χ1n) is 7.20. The van der Waals surface area contributed by atoms with Gasteiger partial charge in [-0.25, -0.2) is 4.98 Å². The number of imidazole rings is 1. The van der Waals surface area contributed by atoms with Crippen LogP contribution in [0.3, 0.4) is 0 Å². The van der Waals surface area contributed by atoms with E-state index in [0.29, 0.717) is 6.61 Å². The Morgan fingerprint density at radius 3 is 2.65 bits per heavy atom. The molecule has 0 spiro atoms. The van der Waals surface area contributed by atoms with Crippen LogP contribution in [-0.2, 0) is 10.2 Å². The number of benzene rings is 1. The average Bonchev–Trinajstić information content (AvgIpc) is 2.74. The summed E-state index contributed by atoms with van der Waals surface area (Å²) in [6.07, 6.45) is 0. The molecule has 1 aromatic carbocycles. The Balaban J connectivity index is 2.58. The van der Waals surface area contributed by atoms with Gasteiger partial charge in [-0.05, 0) is 32.0 Å². The van der Waals surface area contributed by atoms with Crippen LogP contribution in [0.25, 0.3) is 11.0 Å². The third kappa shape index (κ3) is 2.80. The Bertz CT molecular complexity index is 596. The van der Waals surface area contributed by atoms with Crippen molar-refractivity contribution in [1.82, 2.24) is 9.55 Å². The molecule has 4 nitrogen and oxygen atoms in total. The second-order valence-corrected chi connectivity index (χ2v) is 6.31. The maximum atomic E-state index is 5.87. The van der Waals surface area contributed by atoms with E-state index in [1.54, 1.807) is 0 Å². The van der Waals surface area contributed by atoms with Crippen LogP contribution >= 0.6 is 0 Å². The van der Waals surface area contributed by atoms with Crippen molar-refractivity contribution in [3.63, 3.8) is 0 Å². The number of anilines is 1. The fraction of sp³-hybridized carbons (Fsp3) is 0.562. The molecule has 1 aromatic heterocycles. The van der Waals surface area contributed by atoms with Gasteiger partial charge in [0.05, 0.1) is 23.7 Å². The van der Waals surface area contributed by atoms with Gasteiger partial charge in [-0.15, -0.1) is 0 Å². The number of nitrogens with two attached hydrogens (primary N) is 1. The lowest BCUT2D eigenvalue weighted by atomic mass is 9.95. The second kappa shape index (κ2) is 5.44. The Kier molecular flexibility index (Phi) is 4.04. The number of ether oxygens (including phenoxy) is 1. The summed E-state index contributed by atoms with van der Waals surface area (Å²) in [5, 5.41) is 0. The fourth-order valence-corrected chi connectivity index (χ4v) is 2.45. The molecule has 0 amide bonds. The van der Waals surface area contributed by atoms with Crippen LogP contribution < -0.4 is 5.73 Å². The molecule has 1 unspecified atom stereocenters. The summed E-state index contributed by atoms with van der Waals surface area (Å²) < 4.78 is 7.87. The molecule has 0 bridgehead atoms. The number of nitrogens with zero attached hydrogens (tertiary/aromatic N) is 2. The lowest BCUT2D eigenvalue weighted by molar-refractivity contribution is 0.118. The van der Waals surface area contributed by atoms with Gasteiger partial charge in [0.1, 0.15) is 5.82 Å². The molecular formula is C16H25N3O. The van der Waals surface area contributed by atoms with Gasteiger partial charge >= 0.3 is 0 Å². The van der Waals surface area contributed by atoms with Gasteiger partial charge in [-0.3, -0.25) is 0 Å². The van der Waals surface area contributed by atoms with Gasteiger partial charge in [-0.1, -0.05) is 20.8 Å². The molecule has 1 atom stereocenters. The molecule has 4 heteroatoms. The van der Waals surface area contributed by atoms with E-state index in [4.69, 9.17) is 15.5 Å². The zero-order valence-electron chi connectivity index (χ0n) is 13.1. The smallest absolute Gasteiger partial charge is 0.115 e. The zero-order chi connectivity index (χ0) is 14.9. The summed E-state index contributed by atoms with van der Waals surface area (Å²) in [4.78, 5) is 4.80.